The Labute approximate surface area is 148 Å². The average Bonchev–Trinajstić information content (AvgIpc) is 3.06. The van der Waals surface area contributed by atoms with Gasteiger partial charge in [-0.2, -0.15) is 0 Å². The number of hydrogen-bond acceptors (Lipinski definition) is 4. The molecule has 0 bridgehead atoms. The number of carbonyl (C=O) groups is 1. The number of likely N-dealkylation sites (tertiary alicyclic amines) is 1. The van der Waals surface area contributed by atoms with Crippen LogP contribution in [0, 0.1) is 0 Å². The van der Waals surface area contributed by atoms with Gasteiger partial charge in [0.25, 0.3) is 5.91 Å². The lowest BCUT2D eigenvalue weighted by Gasteiger charge is -2.31. The summed E-state index contributed by atoms with van der Waals surface area (Å²) in [6.07, 6.45) is 3.56. The summed E-state index contributed by atoms with van der Waals surface area (Å²) in [5.41, 5.74) is 1.22. The predicted molar refractivity (Wildman–Crippen MR) is 95.6 cm³/mol. The highest BCUT2D eigenvalue weighted by Crippen LogP contribution is 2.26. The second kappa shape index (κ2) is 7.68. The zero-order valence-corrected chi connectivity index (χ0v) is 15.2. The average molecular weight is 342 g/mol. The summed E-state index contributed by atoms with van der Waals surface area (Å²) in [5, 5.41) is 8.14. The topological polar surface area (TPSA) is 60.2 Å². The van der Waals surface area contributed by atoms with E-state index in [0.29, 0.717) is 11.8 Å². The molecule has 2 heterocycles. The molecule has 0 unspecified atom stereocenters. The molecule has 0 N–H and O–H groups in total. The highest BCUT2D eigenvalue weighted by Gasteiger charge is 2.26. The fourth-order valence-electron chi connectivity index (χ4n) is 3.25. The number of hydrogen-bond donors (Lipinski definition) is 0. The number of piperidine rings is 1. The van der Waals surface area contributed by atoms with Crippen molar-refractivity contribution >= 4 is 5.91 Å². The standard InChI is InChI=1S/C19H26N4O2/c1-14(2)16-5-4-6-17(11-16)25-12-18(24)23-9-7-15(8-10-23)19-21-20-13-22(19)3/h4-6,11,13-15H,7-10,12H2,1-3H3. The van der Waals surface area contributed by atoms with Crippen molar-refractivity contribution in [3.63, 3.8) is 0 Å². The van der Waals surface area contributed by atoms with E-state index >= 15 is 0 Å². The fourth-order valence-corrected chi connectivity index (χ4v) is 3.25. The quantitative estimate of drug-likeness (QED) is 0.838. The van der Waals surface area contributed by atoms with Gasteiger partial charge in [-0.15, -0.1) is 10.2 Å². The lowest BCUT2D eigenvalue weighted by atomic mass is 9.96. The highest BCUT2D eigenvalue weighted by molar-refractivity contribution is 5.77. The van der Waals surface area contributed by atoms with Gasteiger partial charge >= 0.3 is 0 Å². The summed E-state index contributed by atoms with van der Waals surface area (Å²) in [5.74, 6) is 2.63. The third-order valence-electron chi connectivity index (χ3n) is 4.85. The molecule has 25 heavy (non-hydrogen) atoms. The van der Waals surface area contributed by atoms with Gasteiger partial charge in [0.15, 0.2) is 6.61 Å². The van der Waals surface area contributed by atoms with Crippen LogP contribution < -0.4 is 4.74 Å². The van der Waals surface area contributed by atoms with Crippen LogP contribution in [-0.4, -0.2) is 45.3 Å². The van der Waals surface area contributed by atoms with Crippen LogP contribution in [0.15, 0.2) is 30.6 Å². The zero-order valence-electron chi connectivity index (χ0n) is 15.2. The van der Waals surface area contributed by atoms with Crippen molar-refractivity contribution in [2.45, 2.75) is 38.5 Å². The van der Waals surface area contributed by atoms with Crippen LogP contribution >= 0.6 is 0 Å². The molecule has 6 nitrogen and oxygen atoms in total. The van der Waals surface area contributed by atoms with Crippen molar-refractivity contribution < 1.29 is 9.53 Å². The maximum absolute atomic E-state index is 12.4. The Balaban J connectivity index is 1.50. The minimum atomic E-state index is 0.0476. The molecule has 0 spiro atoms. The van der Waals surface area contributed by atoms with E-state index in [4.69, 9.17) is 4.74 Å². The molecule has 0 saturated carbocycles. The van der Waals surface area contributed by atoms with Crippen LogP contribution in [0.1, 0.15) is 49.9 Å². The van der Waals surface area contributed by atoms with Crippen LogP contribution in [0.4, 0.5) is 0 Å². The normalized spacial score (nSPS) is 15.6. The van der Waals surface area contributed by atoms with Crippen LogP contribution in [0.2, 0.25) is 0 Å². The minimum Gasteiger partial charge on any atom is -0.484 e. The van der Waals surface area contributed by atoms with Crippen LogP contribution in [0.5, 0.6) is 5.75 Å². The number of amides is 1. The molecule has 1 aliphatic rings. The summed E-state index contributed by atoms with van der Waals surface area (Å²) in [6.45, 7) is 5.87. The van der Waals surface area contributed by atoms with E-state index < -0.39 is 0 Å². The second-order valence-electron chi connectivity index (χ2n) is 6.97. The molecule has 0 radical (unpaired) electrons. The Bertz CT molecular complexity index is 718. The first kappa shape index (κ1) is 17.5. The molecular weight excluding hydrogens is 316 g/mol. The van der Waals surface area contributed by atoms with E-state index in [2.05, 4.69) is 30.1 Å². The molecule has 0 atom stereocenters. The Morgan fingerprint density at radius 2 is 2.08 bits per heavy atom. The summed E-state index contributed by atoms with van der Waals surface area (Å²) in [4.78, 5) is 14.3. The molecule has 1 fully saturated rings. The Morgan fingerprint density at radius 3 is 2.72 bits per heavy atom. The first-order chi connectivity index (χ1) is 12.0. The zero-order chi connectivity index (χ0) is 17.8. The minimum absolute atomic E-state index is 0.0476. The van der Waals surface area contributed by atoms with Gasteiger partial charge in [0.2, 0.25) is 0 Å². The Morgan fingerprint density at radius 1 is 1.32 bits per heavy atom. The van der Waals surface area contributed by atoms with Gasteiger partial charge in [-0.1, -0.05) is 26.0 Å². The van der Waals surface area contributed by atoms with Gasteiger partial charge in [-0.05, 0) is 36.5 Å². The van der Waals surface area contributed by atoms with Crippen LogP contribution in [0.3, 0.4) is 0 Å². The van der Waals surface area contributed by atoms with Gasteiger partial charge in [0.05, 0.1) is 0 Å². The third-order valence-corrected chi connectivity index (χ3v) is 4.85. The molecule has 134 valence electrons. The number of benzene rings is 1. The highest BCUT2D eigenvalue weighted by atomic mass is 16.5. The van der Waals surface area contributed by atoms with Crippen LogP contribution in [0.25, 0.3) is 0 Å². The van der Waals surface area contributed by atoms with Crippen molar-refractivity contribution in [1.82, 2.24) is 19.7 Å². The van der Waals surface area contributed by atoms with Crippen molar-refractivity contribution in [3.8, 4) is 5.75 Å². The van der Waals surface area contributed by atoms with Gasteiger partial charge in [0.1, 0.15) is 17.9 Å². The monoisotopic (exact) mass is 342 g/mol. The molecular formula is C19H26N4O2. The van der Waals surface area contributed by atoms with E-state index in [-0.39, 0.29) is 12.5 Å². The number of aromatic nitrogens is 3. The number of carbonyl (C=O) groups excluding carboxylic acids is 1. The van der Waals surface area contributed by atoms with Gasteiger partial charge < -0.3 is 14.2 Å². The Hall–Kier alpha value is -2.37. The summed E-state index contributed by atoms with van der Waals surface area (Å²) in [6, 6.07) is 7.97. The van der Waals surface area contributed by atoms with Gasteiger partial charge in [0, 0.05) is 26.1 Å². The van der Waals surface area contributed by atoms with E-state index in [1.165, 1.54) is 5.56 Å². The van der Waals surface area contributed by atoms with Crippen LogP contribution in [-0.2, 0) is 11.8 Å². The van der Waals surface area contributed by atoms with Crippen molar-refractivity contribution in [1.29, 1.82) is 0 Å². The molecule has 1 aliphatic heterocycles. The largest absolute Gasteiger partial charge is 0.484 e. The SMILES string of the molecule is CC(C)c1cccc(OCC(=O)N2CCC(c3nncn3C)CC2)c1. The molecule has 1 amide bonds. The van der Waals surface area contributed by atoms with Gasteiger partial charge in [-0.3, -0.25) is 4.79 Å². The van der Waals surface area contributed by atoms with E-state index in [1.807, 2.05) is 34.7 Å². The smallest absolute Gasteiger partial charge is 0.260 e. The van der Waals surface area contributed by atoms with Crippen molar-refractivity contribution in [3.05, 3.63) is 42.0 Å². The number of nitrogens with zero attached hydrogens (tertiary/aromatic N) is 4. The first-order valence-corrected chi connectivity index (χ1v) is 8.89. The summed E-state index contributed by atoms with van der Waals surface area (Å²) < 4.78 is 7.68. The molecule has 1 aromatic carbocycles. The van der Waals surface area contributed by atoms with E-state index in [9.17, 15) is 4.79 Å². The molecule has 3 rings (SSSR count). The third kappa shape index (κ3) is 4.18. The van der Waals surface area contributed by atoms with Gasteiger partial charge in [-0.25, -0.2) is 0 Å². The summed E-state index contributed by atoms with van der Waals surface area (Å²) >= 11 is 0. The second-order valence-corrected chi connectivity index (χ2v) is 6.97. The molecule has 0 aliphatic carbocycles. The Kier molecular flexibility index (Phi) is 5.36. The number of rotatable bonds is 5. The van der Waals surface area contributed by atoms with E-state index in [0.717, 1.165) is 37.5 Å². The summed E-state index contributed by atoms with van der Waals surface area (Å²) in [7, 11) is 1.96. The first-order valence-electron chi connectivity index (χ1n) is 8.89. The number of ether oxygens (including phenoxy) is 1. The molecule has 6 heteroatoms. The lowest BCUT2D eigenvalue weighted by Crippen LogP contribution is -2.40. The van der Waals surface area contributed by atoms with E-state index in [1.54, 1.807) is 6.33 Å². The molecule has 2 aromatic rings. The lowest BCUT2D eigenvalue weighted by molar-refractivity contribution is -0.134. The maximum atomic E-state index is 12.4. The fraction of sp³-hybridized carbons (Fsp3) is 0.526. The number of aryl methyl sites for hydroxylation is 1. The maximum Gasteiger partial charge on any atom is 0.260 e. The molecule has 1 saturated heterocycles. The van der Waals surface area contributed by atoms with Crippen molar-refractivity contribution in [2.24, 2.45) is 7.05 Å². The van der Waals surface area contributed by atoms with Crippen molar-refractivity contribution in [2.75, 3.05) is 19.7 Å². The molecule has 1 aromatic heterocycles. The predicted octanol–water partition coefficient (Wildman–Crippen LogP) is 2.72.